The van der Waals surface area contributed by atoms with Crippen molar-refractivity contribution in [2.45, 2.75) is 32.7 Å². The Hall–Kier alpha value is -1.12. The summed E-state index contributed by atoms with van der Waals surface area (Å²) in [6, 6.07) is 0. The minimum Gasteiger partial charge on any atom is -0.334 e. The SMILES string of the molecule is CC(C)c1nccn1CCC=O. The van der Waals surface area contributed by atoms with Gasteiger partial charge in [-0.25, -0.2) is 4.98 Å². The van der Waals surface area contributed by atoms with Gasteiger partial charge in [0.2, 0.25) is 0 Å². The van der Waals surface area contributed by atoms with E-state index in [-0.39, 0.29) is 0 Å². The van der Waals surface area contributed by atoms with Crippen LogP contribution < -0.4 is 0 Å². The van der Waals surface area contributed by atoms with Crippen LogP contribution in [0.5, 0.6) is 0 Å². The van der Waals surface area contributed by atoms with Crippen molar-refractivity contribution >= 4 is 6.29 Å². The molecular weight excluding hydrogens is 152 g/mol. The number of hydrogen-bond acceptors (Lipinski definition) is 2. The monoisotopic (exact) mass is 166 g/mol. The minimum absolute atomic E-state index is 0.423. The maximum atomic E-state index is 10.1. The molecule has 1 heterocycles. The summed E-state index contributed by atoms with van der Waals surface area (Å²) < 4.78 is 2.03. The summed E-state index contributed by atoms with van der Waals surface area (Å²) in [4.78, 5) is 14.4. The molecule has 0 amide bonds. The first kappa shape index (κ1) is 8.97. The number of aromatic nitrogens is 2. The van der Waals surface area contributed by atoms with E-state index < -0.39 is 0 Å². The van der Waals surface area contributed by atoms with E-state index in [1.54, 1.807) is 6.20 Å². The fourth-order valence-corrected chi connectivity index (χ4v) is 1.20. The maximum Gasteiger partial charge on any atom is 0.121 e. The molecule has 12 heavy (non-hydrogen) atoms. The van der Waals surface area contributed by atoms with Crippen LogP contribution in [0.3, 0.4) is 0 Å². The van der Waals surface area contributed by atoms with Crippen LogP contribution >= 0.6 is 0 Å². The zero-order chi connectivity index (χ0) is 8.97. The maximum absolute atomic E-state index is 10.1. The van der Waals surface area contributed by atoms with E-state index in [4.69, 9.17) is 0 Å². The third kappa shape index (κ3) is 1.94. The van der Waals surface area contributed by atoms with Gasteiger partial charge in [-0.15, -0.1) is 0 Å². The van der Waals surface area contributed by atoms with Gasteiger partial charge in [-0.05, 0) is 0 Å². The number of carbonyl (C=O) groups excluding carboxylic acids is 1. The van der Waals surface area contributed by atoms with Crippen molar-refractivity contribution in [2.24, 2.45) is 0 Å². The molecule has 1 aromatic heterocycles. The lowest BCUT2D eigenvalue weighted by molar-refractivity contribution is -0.108. The molecule has 3 nitrogen and oxygen atoms in total. The highest BCUT2D eigenvalue weighted by atomic mass is 16.1. The number of imidazole rings is 1. The van der Waals surface area contributed by atoms with Gasteiger partial charge >= 0.3 is 0 Å². The zero-order valence-electron chi connectivity index (χ0n) is 7.53. The van der Waals surface area contributed by atoms with Gasteiger partial charge in [-0.2, -0.15) is 0 Å². The molecule has 0 saturated heterocycles. The second kappa shape index (κ2) is 4.04. The van der Waals surface area contributed by atoms with Crippen LogP contribution in [0.15, 0.2) is 12.4 Å². The first-order chi connectivity index (χ1) is 5.75. The molecule has 0 radical (unpaired) electrons. The van der Waals surface area contributed by atoms with Crippen molar-refractivity contribution in [2.75, 3.05) is 0 Å². The van der Waals surface area contributed by atoms with Crippen LogP contribution in [0, 0.1) is 0 Å². The molecule has 1 rings (SSSR count). The van der Waals surface area contributed by atoms with Crippen molar-refractivity contribution in [3.05, 3.63) is 18.2 Å². The molecule has 1 aromatic rings. The van der Waals surface area contributed by atoms with Crippen LogP contribution in [-0.4, -0.2) is 15.8 Å². The van der Waals surface area contributed by atoms with Gasteiger partial charge in [0.15, 0.2) is 0 Å². The zero-order valence-corrected chi connectivity index (χ0v) is 7.53. The van der Waals surface area contributed by atoms with Crippen molar-refractivity contribution in [3.8, 4) is 0 Å². The molecule has 0 atom stereocenters. The van der Waals surface area contributed by atoms with Crippen LogP contribution in [0.2, 0.25) is 0 Å². The molecular formula is C9H14N2O. The Labute approximate surface area is 72.4 Å². The van der Waals surface area contributed by atoms with Crippen molar-refractivity contribution in [3.63, 3.8) is 0 Å². The van der Waals surface area contributed by atoms with Crippen molar-refractivity contribution < 1.29 is 4.79 Å². The van der Waals surface area contributed by atoms with E-state index >= 15 is 0 Å². The molecule has 0 spiro atoms. The summed E-state index contributed by atoms with van der Waals surface area (Å²) >= 11 is 0. The Bertz CT molecular complexity index is 253. The van der Waals surface area contributed by atoms with Gasteiger partial charge in [0.05, 0.1) is 0 Å². The summed E-state index contributed by atoms with van der Waals surface area (Å²) in [7, 11) is 0. The average Bonchev–Trinajstić information content (AvgIpc) is 2.48. The Morgan fingerprint density at radius 1 is 1.67 bits per heavy atom. The molecule has 0 aliphatic rings. The van der Waals surface area contributed by atoms with Crippen LogP contribution in [0.1, 0.15) is 32.0 Å². The molecule has 0 N–H and O–H groups in total. The number of rotatable bonds is 4. The summed E-state index contributed by atoms with van der Waals surface area (Å²) in [5, 5.41) is 0. The summed E-state index contributed by atoms with van der Waals surface area (Å²) in [6.07, 6.45) is 5.19. The lowest BCUT2D eigenvalue weighted by Gasteiger charge is -2.07. The highest BCUT2D eigenvalue weighted by molar-refractivity contribution is 5.48. The largest absolute Gasteiger partial charge is 0.334 e. The minimum atomic E-state index is 0.423. The first-order valence-corrected chi connectivity index (χ1v) is 4.20. The lowest BCUT2D eigenvalue weighted by atomic mass is 10.2. The number of aryl methyl sites for hydroxylation is 1. The Morgan fingerprint density at radius 3 is 3.00 bits per heavy atom. The predicted octanol–water partition coefficient (Wildman–Crippen LogP) is 1.60. The molecule has 0 unspecified atom stereocenters. The highest BCUT2D eigenvalue weighted by Crippen LogP contribution is 2.11. The van der Waals surface area contributed by atoms with Gasteiger partial charge < -0.3 is 9.36 Å². The van der Waals surface area contributed by atoms with Crippen LogP contribution in [0.25, 0.3) is 0 Å². The third-order valence-corrected chi connectivity index (χ3v) is 1.75. The molecule has 0 saturated carbocycles. The van der Waals surface area contributed by atoms with E-state index in [2.05, 4.69) is 18.8 Å². The van der Waals surface area contributed by atoms with Gasteiger partial charge in [0.1, 0.15) is 12.1 Å². The molecule has 0 aliphatic carbocycles. The van der Waals surface area contributed by atoms with Crippen molar-refractivity contribution in [1.82, 2.24) is 9.55 Å². The lowest BCUT2D eigenvalue weighted by Crippen LogP contribution is -2.04. The molecule has 3 heteroatoms. The summed E-state index contributed by atoms with van der Waals surface area (Å²) in [5.74, 6) is 1.48. The smallest absolute Gasteiger partial charge is 0.121 e. The molecule has 0 fully saturated rings. The van der Waals surface area contributed by atoms with Gasteiger partial charge in [0.25, 0.3) is 0 Å². The number of carbonyl (C=O) groups is 1. The number of hydrogen-bond donors (Lipinski definition) is 0. The van der Waals surface area contributed by atoms with Gasteiger partial charge in [-0.1, -0.05) is 13.8 Å². The number of nitrogens with zero attached hydrogens (tertiary/aromatic N) is 2. The van der Waals surface area contributed by atoms with E-state index in [1.165, 1.54) is 0 Å². The van der Waals surface area contributed by atoms with E-state index in [0.717, 1.165) is 18.7 Å². The van der Waals surface area contributed by atoms with E-state index in [1.807, 2.05) is 10.8 Å². The van der Waals surface area contributed by atoms with E-state index in [0.29, 0.717) is 12.3 Å². The van der Waals surface area contributed by atoms with Crippen molar-refractivity contribution in [1.29, 1.82) is 0 Å². The summed E-state index contributed by atoms with van der Waals surface area (Å²) in [5.41, 5.74) is 0. The summed E-state index contributed by atoms with van der Waals surface area (Å²) in [6.45, 7) is 4.94. The quantitative estimate of drug-likeness (QED) is 0.637. The molecule has 0 bridgehead atoms. The molecule has 0 aliphatic heterocycles. The third-order valence-electron chi connectivity index (χ3n) is 1.75. The molecule has 0 aromatic carbocycles. The standard InChI is InChI=1S/C9H14N2O/c1-8(2)9-10-4-6-11(9)5-3-7-12/h4,6-8H,3,5H2,1-2H3. The van der Waals surface area contributed by atoms with Gasteiger partial charge in [0, 0.05) is 31.3 Å². The molecule has 66 valence electrons. The fourth-order valence-electron chi connectivity index (χ4n) is 1.20. The second-order valence-electron chi connectivity index (χ2n) is 3.09. The number of aldehydes is 1. The second-order valence-corrected chi connectivity index (χ2v) is 3.09. The Kier molecular flexibility index (Phi) is 3.02. The van der Waals surface area contributed by atoms with E-state index in [9.17, 15) is 4.79 Å². The highest BCUT2D eigenvalue weighted by Gasteiger charge is 2.05. The topological polar surface area (TPSA) is 34.9 Å². The normalized spacial score (nSPS) is 10.6. The fraction of sp³-hybridized carbons (Fsp3) is 0.556. The van der Waals surface area contributed by atoms with Crippen LogP contribution in [0.4, 0.5) is 0 Å². The average molecular weight is 166 g/mol. The Balaban J connectivity index is 2.70. The Morgan fingerprint density at radius 2 is 2.42 bits per heavy atom. The predicted molar refractivity (Wildman–Crippen MR) is 47.0 cm³/mol. The van der Waals surface area contributed by atoms with Crippen LogP contribution in [-0.2, 0) is 11.3 Å². The van der Waals surface area contributed by atoms with Gasteiger partial charge in [-0.3, -0.25) is 0 Å². The first-order valence-electron chi connectivity index (χ1n) is 4.20.